The van der Waals surface area contributed by atoms with E-state index in [-0.39, 0.29) is 0 Å². The van der Waals surface area contributed by atoms with Crippen molar-refractivity contribution in [2.24, 2.45) is 5.73 Å². The molecule has 0 saturated carbocycles. The highest BCUT2D eigenvalue weighted by atomic mass is 16.1. The summed E-state index contributed by atoms with van der Waals surface area (Å²) in [6.45, 7) is 6.24. The predicted molar refractivity (Wildman–Crippen MR) is 78.2 cm³/mol. The Morgan fingerprint density at radius 1 is 1.47 bits per heavy atom. The van der Waals surface area contributed by atoms with E-state index >= 15 is 0 Å². The van der Waals surface area contributed by atoms with Gasteiger partial charge in [-0.2, -0.15) is 0 Å². The molecule has 0 aliphatic rings. The highest BCUT2D eigenvalue weighted by Gasteiger charge is 2.07. The van der Waals surface area contributed by atoms with Crippen LogP contribution < -0.4 is 11.1 Å². The number of hydrogen-bond acceptors (Lipinski definition) is 4. The summed E-state index contributed by atoms with van der Waals surface area (Å²) >= 11 is 0. The van der Waals surface area contributed by atoms with Crippen LogP contribution in [0.25, 0.3) is 0 Å². The largest absolute Gasteiger partial charge is 0.369 e. The summed E-state index contributed by atoms with van der Waals surface area (Å²) in [5, 5.41) is 3.17. The number of carbonyl (C=O) groups excluding carboxylic acids is 1. The molecule has 1 aromatic heterocycles. The number of nitrogens with zero attached hydrogens (tertiary/aromatic N) is 2. The Bertz CT molecular complexity index is 406. The van der Waals surface area contributed by atoms with Gasteiger partial charge in [0.15, 0.2) is 0 Å². The van der Waals surface area contributed by atoms with E-state index in [4.69, 9.17) is 5.73 Å². The third-order valence-corrected chi connectivity index (χ3v) is 3.18. The van der Waals surface area contributed by atoms with Crippen molar-refractivity contribution in [3.63, 3.8) is 0 Å². The number of nitrogens with one attached hydrogen (secondary N) is 1. The van der Waals surface area contributed by atoms with Gasteiger partial charge in [0.05, 0.1) is 5.56 Å². The molecule has 0 radical (unpaired) electrons. The number of amides is 1. The zero-order valence-corrected chi connectivity index (χ0v) is 12.0. The number of hydrogen-bond donors (Lipinski definition) is 2. The number of rotatable bonds is 8. The third kappa shape index (κ3) is 5.26. The summed E-state index contributed by atoms with van der Waals surface area (Å²) in [5.74, 6) is 0.127. The van der Waals surface area contributed by atoms with E-state index in [0.717, 1.165) is 25.9 Å². The number of carbonyl (C=O) groups is 1. The molecule has 0 fully saturated rings. The van der Waals surface area contributed by atoms with Crippen molar-refractivity contribution in [2.75, 3.05) is 25.5 Å². The summed E-state index contributed by atoms with van der Waals surface area (Å²) in [7, 11) is 2.13. The molecule has 0 bridgehead atoms. The van der Waals surface area contributed by atoms with Crippen molar-refractivity contribution in [3.8, 4) is 0 Å². The first-order valence-corrected chi connectivity index (χ1v) is 6.71. The van der Waals surface area contributed by atoms with Gasteiger partial charge in [0, 0.05) is 18.8 Å². The monoisotopic (exact) mass is 264 g/mol. The molecular formula is C14H24N4O. The van der Waals surface area contributed by atoms with Gasteiger partial charge in [0.2, 0.25) is 0 Å². The van der Waals surface area contributed by atoms with Crippen LogP contribution in [0.4, 0.5) is 5.82 Å². The summed E-state index contributed by atoms with van der Waals surface area (Å²) in [5.41, 5.74) is 5.74. The maximum absolute atomic E-state index is 11.2. The van der Waals surface area contributed by atoms with Crippen molar-refractivity contribution in [3.05, 3.63) is 23.9 Å². The van der Waals surface area contributed by atoms with Crippen molar-refractivity contribution in [1.29, 1.82) is 0 Å². The molecule has 1 aromatic rings. The fourth-order valence-electron chi connectivity index (χ4n) is 1.70. The van der Waals surface area contributed by atoms with Crippen LogP contribution in [-0.2, 0) is 0 Å². The summed E-state index contributed by atoms with van der Waals surface area (Å²) in [4.78, 5) is 17.7. The van der Waals surface area contributed by atoms with Crippen LogP contribution in [0.3, 0.4) is 0 Å². The van der Waals surface area contributed by atoms with E-state index in [2.05, 4.69) is 36.1 Å². The zero-order chi connectivity index (χ0) is 14.3. The average molecular weight is 264 g/mol. The van der Waals surface area contributed by atoms with E-state index < -0.39 is 5.91 Å². The molecule has 5 nitrogen and oxygen atoms in total. The molecule has 0 aliphatic carbocycles. The van der Waals surface area contributed by atoms with Gasteiger partial charge in [-0.05, 0) is 52.4 Å². The van der Waals surface area contributed by atoms with Crippen LogP contribution in [0, 0.1) is 0 Å². The molecule has 19 heavy (non-hydrogen) atoms. The lowest BCUT2D eigenvalue weighted by Gasteiger charge is -2.20. The van der Waals surface area contributed by atoms with Gasteiger partial charge in [-0.15, -0.1) is 0 Å². The minimum Gasteiger partial charge on any atom is -0.369 e. The van der Waals surface area contributed by atoms with Crippen molar-refractivity contribution < 1.29 is 4.79 Å². The molecule has 0 unspecified atom stereocenters. The van der Waals surface area contributed by atoms with Gasteiger partial charge in [0.25, 0.3) is 5.91 Å². The van der Waals surface area contributed by atoms with Crippen LogP contribution in [0.1, 0.15) is 37.0 Å². The normalized spacial score (nSPS) is 11.0. The van der Waals surface area contributed by atoms with E-state index in [0.29, 0.717) is 17.4 Å². The Labute approximate surface area is 115 Å². The number of anilines is 1. The fourth-order valence-corrected chi connectivity index (χ4v) is 1.70. The van der Waals surface area contributed by atoms with Gasteiger partial charge < -0.3 is 16.0 Å². The first-order chi connectivity index (χ1) is 9.02. The Kier molecular flexibility index (Phi) is 6.29. The quantitative estimate of drug-likeness (QED) is 0.701. The van der Waals surface area contributed by atoms with Gasteiger partial charge in [-0.1, -0.05) is 0 Å². The Morgan fingerprint density at radius 2 is 2.21 bits per heavy atom. The standard InChI is InChI=1S/C14H24N4O/c1-11(2)18(3)10-5-4-8-16-14-12(13(15)19)7-6-9-17-14/h6-7,9,11H,4-5,8,10H2,1-3H3,(H2,15,19)(H,16,17). The van der Waals surface area contributed by atoms with Crippen molar-refractivity contribution in [2.45, 2.75) is 32.7 Å². The lowest BCUT2D eigenvalue weighted by Crippen LogP contribution is -2.27. The highest BCUT2D eigenvalue weighted by Crippen LogP contribution is 2.10. The molecule has 0 atom stereocenters. The van der Waals surface area contributed by atoms with E-state index in [1.807, 2.05) is 0 Å². The number of unbranched alkanes of at least 4 members (excludes halogenated alkanes) is 1. The zero-order valence-electron chi connectivity index (χ0n) is 12.0. The van der Waals surface area contributed by atoms with Gasteiger partial charge in [-0.3, -0.25) is 4.79 Å². The molecule has 1 heterocycles. The topological polar surface area (TPSA) is 71.2 Å². The maximum Gasteiger partial charge on any atom is 0.252 e. The number of pyridine rings is 1. The smallest absolute Gasteiger partial charge is 0.252 e. The Hall–Kier alpha value is -1.62. The second kappa shape index (κ2) is 7.74. The van der Waals surface area contributed by atoms with Crippen molar-refractivity contribution in [1.82, 2.24) is 9.88 Å². The first kappa shape index (κ1) is 15.4. The number of aromatic nitrogens is 1. The molecular weight excluding hydrogens is 240 g/mol. The molecule has 0 spiro atoms. The Balaban J connectivity index is 2.32. The predicted octanol–water partition coefficient (Wildman–Crippen LogP) is 1.71. The molecule has 0 aromatic carbocycles. The second-order valence-corrected chi connectivity index (χ2v) is 4.97. The minimum atomic E-state index is -0.449. The molecule has 1 amide bonds. The van der Waals surface area contributed by atoms with Crippen LogP contribution in [0.5, 0.6) is 0 Å². The number of primary amides is 1. The molecule has 5 heteroatoms. The molecule has 0 aliphatic heterocycles. The summed E-state index contributed by atoms with van der Waals surface area (Å²) < 4.78 is 0. The molecule has 3 N–H and O–H groups in total. The van der Waals surface area contributed by atoms with Crippen LogP contribution in [0.15, 0.2) is 18.3 Å². The first-order valence-electron chi connectivity index (χ1n) is 6.71. The Morgan fingerprint density at radius 3 is 2.84 bits per heavy atom. The highest BCUT2D eigenvalue weighted by molar-refractivity contribution is 5.97. The fraction of sp³-hybridized carbons (Fsp3) is 0.571. The SMILES string of the molecule is CC(C)N(C)CCCCNc1ncccc1C(N)=O. The van der Waals surface area contributed by atoms with Gasteiger partial charge in [-0.25, -0.2) is 4.98 Å². The van der Waals surface area contributed by atoms with E-state index in [1.165, 1.54) is 0 Å². The number of nitrogens with two attached hydrogens (primary N) is 1. The average Bonchev–Trinajstić information content (AvgIpc) is 2.38. The second-order valence-electron chi connectivity index (χ2n) is 4.97. The maximum atomic E-state index is 11.2. The lowest BCUT2D eigenvalue weighted by molar-refractivity contribution is 0.100. The van der Waals surface area contributed by atoms with Gasteiger partial charge >= 0.3 is 0 Å². The minimum absolute atomic E-state index is 0.446. The van der Waals surface area contributed by atoms with Crippen molar-refractivity contribution >= 4 is 11.7 Å². The third-order valence-electron chi connectivity index (χ3n) is 3.18. The van der Waals surface area contributed by atoms with E-state index in [9.17, 15) is 4.79 Å². The molecule has 1 rings (SSSR count). The van der Waals surface area contributed by atoms with E-state index in [1.54, 1.807) is 18.3 Å². The summed E-state index contributed by atoms with van der Waals surface area (Å²) in [6.07, 6.45) is 3.80. The molecule has 106 valence electrons. The van der Waals surface area contributed by atoms with Crippen LogP contribution in [0.2, 0.25) is 0 Å². The lowest BCUT2D eigenvalue weighted by atomic mass is 10.2. The van der Waals surface area contributed by atoms with Crippen LogP contribution in [-0.4, -0.2) is 42.0 Å². The molecule has 0 saturated heterocycles. The van der Waals surface area contributed by atoms with Crippen LogP contribution >= 0.6 is 0 Å². The summed E-state index contributed by atoms with van der Waals surface area (Å²) in [6, 6.07) is 3.97. The van der Waals surface area contributed by atoms with Gasteiger partial charge in [0.1, 0.15) is 5.82 Å².